The van der Waals surface area contributed by atoms with Gasteiger partial charge in [0, 0.05) is 24.4 Å². The van der Waals surface area contributed by atoms with Crippen LogP contribution < -0.4 is 11.1 Å². The first kappa shape index (κ1) is 22.2. The molecule has 5 rings (SSSR count). The molecular weight excluding hydrogens is 442 g/mol. The molecule has 176 valence electrons. The third kappa shape index (κ3) is 3.95. The van der Waals surface area contributed by atoms with Crippen molar-refractivity contribution in [3.8, 4) is 17.0 Å². The van der Waals surface area contributed by atoms with Crippen LogP contribution in [-0.2, 0) is 0 Å². The van der Waals surface area contributed by atoms with Crippen LogP contribution in [0.3, 0.4) is 0 Å². The maximum Gasteiger partial charge on any atom is 0.229 e. The second-order valence-corrected chi connectivity index (χ2v) is 8.81. The molecule has 0 radical (unpaired) electrons. The van der Waals surface area contributed by atoms with Crippen molar-refractivity contribution in [1.29, 1.82) is 0 Å². The number of anilines is 2. The molecule has 3 heterocycles. The predicted molar refractivity (Wildman–Crippen MR) is 123 cm³/mol. The van der Waals surface area contributed by atoms with E-state index in [2.05, 4.69) is 20.4 Å². The number of pyridine rings is 1. The summed E-state index contributed by atoms with van der Waals surface area (Å²) in [6.45, 7) is 1.99. The minimum absolute atomic E-state index is 0.0519. The Morgan fingerprint density at radius 3 is 2.62 bits per heavy atom. The van der Waals surface area contributed by atoms with Crippen LogP contribution in [0.15, 0.2) is 48.9 Å². The van der Waals surface area contributed by atoms with E-state index < -0.39 is 23.5 Å². The molecule has 4 aromatic rings. The van der Waals surface area contributed by atoms with Gasteiger partial charge in [-0.2, -0.15) is 9.61 Å². The number of aromatic nitrogens is 4. The lowest BCUT2D eigenvalue weighted by Gasteiger charge is -2.36. The van der Waals surface area contributed by atoms with Crippen molar-refractivity contribution in [2.75, 3.05) is 5.32 Å². The van der Waals surface area contributed by atoms with Crippen molar-refractivity contribution in [3.63, 3.8) is 0 Å². The molecule has 3 aromatic heterocycles. The number of aromatic hydroxyl groups is 1. The fourth-order valence-electron chi connectivity index (χ4n) is 4.72. The second-order valence-electron chi connectivity index (χ2n) is 8.81. The molecule has 0 amide bonds. The highest BCUT2D eigenvalue weighted by Gasteiger charge is 2.34. The Balaban J connectivity index is 1.51. The van der Waals surface area contributed by atoms with Crippen LogP contribution >= 0.6 is 0 Å². The first-order chi connectivity index (χ1) is 16.3. The van der Waals surface area contributed by atoms with E-state index in [1.54, 1.807) is 24.7 Å². The molecule has 0 unspecified atom stereocenters. The van der Waals surface area contributed by atoms with Crippen LogP contribution in [-0.4, -0.2) is 41.9 Å². The minimum Gasteiger partial charge on any atom is -0.508 e. The maximum absolute atomic E-state index is 14.4. The van der Waals surface area contributed by atoms with E-state index in [4.69, 9.17) is 5.73 Å². The van der Waals surface area contributed by atoms with Crippen LogP contribution in [0.2, 0.25) is 0 Å². The second kappa shape index (κ2) is 8.62. The highest BCUT2D eigenvalue weighted by Crippen LogP contribution is 2.39. The largest absolute Gasteiger partial charge is 0.508 e. The van der Waals surface area contributed by atoms with Gasteiger partial charge in [0.05, 0.1) is 41.0 Å². The van der Waals surface area contributed by atoms with Gasteiger partial charge in [-0.05, 0) is 48.4 Å². The summed E-state index contributed by atoms with van der Waals surface area (Å²) in [4.78, 5) is 8.61. The zero-order valence-corrected chi connectivity index (χ0v) is 18.4. The first-order valence-electron chi connectivity index (χ1n) is 11.0. The number of hydrogen-bond acceptors (Lipinski definition) is 7. The van der Waals surface area contributed by atoms with Gasteiger partial charge >= 0.3 is 0 Å². The fraction of sp³-hybridized carbons (Fsp3) is 0.292. The lowest BCUT2D eigenvalue weighted by molar-refractivity contribution is 0.0521. The average Bonchev–Trinajstić information content (AvgIpc) is 3.19. The number of nitrogens with zero attached hydrogens (tertiary/aromatic N) is 4. The van der Waals surface area contributed by atoms with Crippen molar-refractivity contribution in [2.24, 2.45) is 11.7 Å². The molecular formula is C24H24F2N6O2. The van der Waals surface area contributed by atoms with Crippen LogP contribution in [0.1, 0.15) is 31.2 Å². The lowest BCUT2D eigenvalue weighted by atomic mass is 9.74. The number of imidazole rings is 1. The lowest BCUT2D eigenvalue weighted by Crippen LogP contribution is -2.44. The number of rotatable bonds is 4. The van der Waals surface area contributed by atoms with Gasteiger partial charge in [0.2, 0.25) is 5.95 Å². The van der Waals surface area contributed by atoms with Gasteiger partial charge in [-0.25, -0.2) is 13.8 Å². The molecule has 8 nitrogen and oxygen atoms in total. The normalized spacial score (nSPS) is 22.7. The molecule has 1 aliphatic carbocycles. The molecule has 4 atom stereocenters. The Bertz CT molecular complexity index is 1330. The van der Waals surface area contributed by atoms with Gasteiger partial charge in [0.25, 0.3) is 0 Å². The molecule has 5 N–H and O–H groups in total. The summed E-state index contributed by atoms with van der Waals surface area (Å²) in [7, 11) is 0. The number of aliphatic hydroxyl groups is 1. The quantitative estimate of drug-likeness (QED) is 0.362. The summed E-state index contributed by atoms with van der Waals surface area (Å²) < 4.78 is 30.3. The van der Waals surface area contributed by atoms with Crippen LogP contribution in [0.5, 0.6) is 5.75 Å². The number of phenols is 1. The summed E-state index contributed by atoms with van der Waals surface area (Å²) in [5, 5.41) is 27.3. The standard InChI is InChI=1S/C24H24F2N6O2/c1-12-6-13(7-19(27)23(12)34)16-4-5-28-11-21(16)30-24-29-10-14-2-3-20(31-32(14)24)22-17(25)8-15(33)9-18(22)26/h2-5,8-13,19,23,33-34H,6-7,27H2,1H3,(H,29,30)/t12-,13+,19+,23+/m0/s1. The van der Waals surface area contributed by atoms with E-state index in [0.29, 0.717) is 23.6 Å². The number of nitrogens with two attached hydrogens (primary N) is 1. The topological polar surface area (TPSA) is 122 Å². The summed E-state index contributed by atoms with van der Waals surface area (Å²) in [5.74, 6) is -1.82. The Morgan fingerprint density at radius 2 is 1.88 bits per heavy atom. The Morgan fingerprint density at radius 1 is 1.12 bits per heavy atom. The third-order valence-electron chi connectivity index (χ3n) is 6.44. The van der Waals surface area contributed by atoms with Crippen molar-refractivity contribution in [2.45, 2.75) is 37.8 Å². The molecule has 1 aliphatic rings. The van der Waals surface area contributed by atoms with Gasteiger partial charge in [0.15, 0.2) is 0 Å². The van der Waals surface area contributed by atoms with E-state index >= 15 is 0 Å². The summed E-state index contributed by atoms with van der Waals surface area (Å²) in [5.41, 5.74) is 8.21. The van der Waals surface area contributed by atoms with Gasteiger partial charge in [-0.15, -0.1) is 0 Å². The number of halogens is 2. The van der Waals surface area contributed by atoms with Gasteiger partial charge in [-0.1, -0.05) is 6.92 Å². The first-order valence-corrected chi connectivity index (χ1v) is 11.0. The molecule has 0 aliphatic heterocycles. The molecule has 1 fully saturated rings. The van der Waals surface area contributed by atoms with E-state index in [0.717, 1.165) is 24.1 Å². The number of fused-ring (bicyclic) bond motifs is 1. The summed E-state index contributed by atoms with van der Waals surface area (Å²) >= 11 is 0. The molecule has 34 heavy (non-hydrogen) atoms. The number of nitrogens with one attached hydrogen (secondary N) is 1. The molecule has 1 aromatic carbocycles. The third-order valence-corrected chi connectivity index (χ3v) is 6.44. The number of hydrogen-bond donors (Lipinski definition) is 4. The summed E-state index contributed by atoms with van der Waals surface area (Å²) in [6.07, 6.45) is 5.85. The zero-order chi connectivity index (χ0) is 24.0. The van der Waals surface area contributed by atoms with Crippen LogP contribution in [0.4, 0.5) is 20.4 Å². The van der Waals surface area contributed by atoms with Crippen molar-refractivity contribution in [3.05, 3.63) is 66.1 Å². The number of aliphatic hydroxyl groups excluding tert-OH is 1. The van der Waals surface area contributed by atoms with E-state index in [1.807, 2.05) is 13.0 Å². The Labute approximate surface area is 194 Å². The van der Waals surface area contributed by atoms with Gasteiger partial charge in [-0.3, -0.25) is 4.98 Å². The zero-order valence-electron chi connectivity index (χ0n) is 18.4. The van der Waals surface area contributed by atoms with Gasteiger partial charge in [0.1, 0.15) is 17.4 Å². The van der Waals surface area contributed by atoms with Crippen molar-refractivity contribution in [1.82, 2.24) is 19.6 Å². The SMILES string of the molecule is C[C@H]1C[C@@H](c2ccncc2Nc2ncc3ccc(-c4c(F)cc(O)cc4F)nn23)C[C@@H](N)[C@@H]1O. The minimum atomic E-state index is -0.918. The van der Waals surface area contributed by atoms with Crippen molar-refractivity contribution < 1.29 is 19.0 Å². The maximum atomic E-state index is 14.4. The number of benzene rings is 1. The summed E-state index contributed by atoms with van der Waals surface area (Å²) in [6, 6.07) is 6.42. The smallest absolute Gasteiger partial charge is 0.229 e. The molecule has 0 spiro atoms. The van der Waals surface area contributed by atoms with E-state index in [9.17, 15) is 19.0 Å². The molecule has 0 saturated heterocycles. The average molecular weight is 466 g/mol. The van der Waals surface area contributed by atoms with E-state index in [1.165, 1.54) is 10.6 Å². The molecule has 0 bridgehead atoms. The molecule has 10 heteroatoms. The van der Waals surface area contributed by atoms with Crippen molar-refractivity contribution >= 4 is 17.2 Å². The van der Waals surface area contributed by atoms with Gasteiger partial charge < -0.3 is 21.3 Å². The van der Waals surface area contributed by atoms with Crippen LogP contribution in [0, 0.1) is 17.6 Å². The van der Waals surface area contributed by atoms with Crippen LogP contribution in [0.25, 0.3) is 16.8 Å². The monoisotopic (exact) mass is 466 g/mol. The predicted octanol–water partition coefficient (Wildman–Crippen LogP) is 3.72. The Kier molecular flexibility index (Phi) is 5.62. The Hall–Kier alpha value is -3.63. The van der Waals surface area contributed by atoms with E-state index in [-0.39, 0.29) is 29.1 Å². The number of phenolic OH excluding ortho intramolecular Hbond substituents is 1. The fourth-order valence-corrected chi connectivity index (χ4v) is 4.72. The highest BCUT2D eigenvalue weighted by atomic mass is 19.1. The highest BCUT2D eigenvalue weighted by molar-refractivity contribution is 5.66. The molecule has 1 saturated carbocycles.